The predicted molar refractivity (Wildman–Crippen MR) is 125 cm³/mol. The van der Waals surface area contributed by atoms with Crippen LogP contribution in [0.25, 0.3) is 6.08 Å². The average molecular weight is 474 g/mol. The zero-order valence-corrected chi connectivity index (χ0v) is 19.7. The summed E-state index contributed by atoms with van der Waals surface area (Å²) in [6, 6.07) is 5.17. The molecule has 9 heteroatoms. The van der Waals surface area contributed by atoms with Crippen molar-refractivity contribution in [2.75, 3.05) is 32.8 Å². The number of aryl methyl sites for hydroxylation is 1. The van der Waals surface area contributed by atoms with Gasteiger partial charge in [-0.3, -0.25) is 4.79 Å². The summed E-state index contributed by atoms with van der Waals surface area (Å²) >= 11 is 1.38. The van der Waals surface area contributed by atoms with Gasteiger partial charge in [-0.2, -0.15) is 0 Å². The van der Waals surface area contributed by atoms with Gasteiger partial charge in [0.2, 0.25) is 0 Å². The van der Waals surface area contributed by atoms with Crippen molar-refractivity contribution in [3.63, 3.8) is 0 Å². The Labute approximate surface area is 196 Å². The molecule has 8 nitrogen and oxygen atoms in total. The standard InChI is InChI=1S/C24H27NO7S/c1-4-31-24(28)22-17-7-5-6-8-19(17)33-23(22)25-20(26)14-32-21(27)12-10-15-9-11-16(29-2)13-18(15)30-3/h9-13H,4-8,14H2,1-3H3,(H,25,26)/b12-10+. The Kier molecular flexibility index (Phi) is 8.48. The minimum absolute atomic E-state index is 0.250. The van der Waals surface area contributed by atoms with Crippen LogP contribution in [0.3, 0.4) is 0 Å². The van der Waals surface area contributed by atoms with E-state index in [9.17, 15) is 14.4 Å². The molecule has 1 aliphatic carbocycles. The number of anilines is 1. The van der Waals surface area contributed by atoms with E-state index in [1.807, 2.05) is 0 Å². The van der Waals surface area contributed by atoms with Crippen molar-refractivity contribution in [1.82, 2.24) is 0 Å². The van der Waals surface area contributed by atoms with Gasteiger partial charge in [-0.1, -0.05) is 0 Å². The van der Waals surface area contributed by atoms with Crippen LogP contribution in [0.4, 0.5) is 5.00 Å². The van der Waals surface area contributed by atoms with E-state index >= 15 is 0 Å². The molecule has 176 valence electrons. The molecule has 2 aromatic rings. The summed E-state index contributed by atoms with van der Waals surface area (Å²) < 4.78 is 20.7. The molecular weight excluding hydrogens is 446 g/mol. The molecule has 0 saturated carbocycles. The maximum Gasteiger partial charge on any atom is 0.341 e. The van der Waals surface area contributed by atoms with Crippen LogP contribution in [0, 0.1) is 0 Å². The van der Waals surface area contributed by atoms with E-state index in [2.05, 4.69) is 5.32 Å². The number of nitrogens with one attached hydrogen (secondary N) is 1. The summed E-state index contributed by atoms with van der Waals surface area (Å²) in [4.78, 5) is 38.1. The molecule has 1 aromatic carbocycles. The first-order valence-corrected chi connectivity index (χ1v) is 11.5. The molecule has 1 heterocycles. The number of fused-ring (bicyclic) bond motifs is 1. The maximum absolute atomic E-state index is 12.5. The molecule has 0 fully saturated rings. The molecule has 0 saturated heterocycles. The predicted octanol–water partition coefficient (Wildman–Crippen LogP) is 4.02. The zero-order valence-electron chi connectivity index (χ0n) is 18.9. The molecule has 1 N–H and O–H groups in total. The fourth-order valence-electron chi connectivity index (χ4n) is 3.53. The van der Waals surface area contributed by atoms with Crippen molar-refractivity contribution in [1.29, 1.82) is 0 Å². The Morgan fingerprint density at radius 3 is 2.61 bits per heavy atom. The second-order valence-corrected chi connectivity index (χ2v) is 8.34. The van der Waals surface area contributed by atoms with Crippen molar-refractivity contribution in [3.8, 4) is 11.5 Å². The van der Waals surface area contributed by atoms with Crippen LogP contribution in [0.5, 0.6) is 11.5 Å². The second-order valence-electron chi connectivity index (χ2n) is 7.23. The molecule has 0 radical (unpaired) electrons. The molecule has 1 amide bonds. The number of thiophene rings is 1. The van der Waals surface area contributed by atoms with Crippen LogP contribution >= 0.6 is 11.3 Å². The number of esters is 2. The third-order valence-corrected chi connectivity index (χ3v) is 6.30. The van der Waals surface area contributed by atoms with E-state index in [4.69, 9.17) is 18.9 Å². The van der Waals surface area contributed by atoms with Crippen LogP contribution in [0.1, 0.15) is 46.1 Å². The fourth-order valence-corrected chi connectivity index (χ4v) is 4.83. The first-order valence-electron chi connectivity index (χ1n) is 10.6. The van der Waals surface area contributed by atoms with Gasteiger partial charge in [0.25, 0.3) is 5.91 Å². The van der Waals surface area contributed by atoms with Crippen molar-refractivity contribution < 1.29 is 33.3 Å². The molecule has 0 bridgehead atoms. The number of benzene rings is 1. The van der Waals surface area contributed by atoms with Gasteiger partial charge in [-0.25, -0.2) is 9.59 Å². The number of ether oxygens (including phenoxy) is 4. The molecule has 1 aromatic heterocycles. The Balaban J connectivity index is 1.62. The van der Waals surface area contributed by atoms with Crippen molar-refractivity contribution in [3.05, 3.63) is 45.8 Å². The van der Waals surface area contributed by atoms with Crippen LogP contribution in [0.2, 0.25) is 0 Å². The normalized spacial score (nSPS) is 12.7. The third-order valence-electron chi connectivity index (χ3n) is 5.09. The molecular formula is C24H27NO7S. The highest BCUT2D eigenvalue weighted by molar-refractivity contribution is 7.17. The summed E-state index contributed by atoms with van der Waals surface area (Å²) in [7, 11) is 3.07. The van der Waals surface area contributed by atoms with Gasteiger partial charge in [0.15, 0.2) is 6.61 Å². The zero-order chi connectivity index (χ0) is 23.8. The van der Waals surface area contributed by atoms with Crippen LogP contribution < -0.4 is 14.8 Å². The topological polar surface area (TPSA) is 100 Å². The molecule has 0 spiro atoms. The SMILES string of the molecule is CCOC(=O)c1c(NC(=O)COC(=O)/C=C/c2ccc(OC)cc2OC)sc2c1CCCC2. The first-order chi connectivity index (χ1) is 16.0. The number of hydrogen-bond acceptors (Lipinski definition) is 8. The maximum atomic E-state index is 12.5. The lowest BCUT2D eigenvalue weighted by molar-refractivity contribution is -0.142. The van der Waals surface area contributed by atoms with E-state index in [1.165, 1.54) is 30.6 Å². The van der Waals surface area contributed by atoms with Gasteiger partial charge in [0, 0.05) is 22.6 Å². The van der Waals surface area contributed by atoms with Crippen molar-refractivity contribution in [2.45, 2.75) is 32.6 Å². The van der Waals surface area contributed by atoms with Gasteiger partial charge in [0.1, 0.15) is 16.5 Å². The number of rotatable bonds is 9. The van der Waals surface area contributed by atoms with Gasteiger partial charge >= 0.3 is 11.9 Å². The highest BCUT2D eigenvalue weighted by atomic mass is 32.1. The minimum Gasteiger partial charge on any atom is -0.497 e. The minimum atomic E-state index is -0.681. The average Bonchev–Trinajstić information content (AvgIpc) is 3.19. The van der Waals surface area contributed by atoms with Gasteiger partial charge in [0.05, 0.1) is 26.4 Å². The van der Waals surface area contributed by atoms with E-state index < -0.39 is 24.5 Å². The van der Waals surface area contributed by atoms with Crippen molar-refractivity contribution in [2.24, 2.45) is 0 Å². The summed E-state index contributed by atoms with van der Waals surface area (Å²) in [5.74, 6) is -0.493. The smallest absolute Gasteiger partial charge is 0.341 e. The summed E-state index contributed by atoms with van der Waals surface area (Å²) in [6.45, 7) is 1.51. The summed E-state index contributed by atoms with van der Waals surface area (Å²) in [5.41, 5.74) is 2.03. The lowest BCUT2D eigenvalue weighted by Gasteiger charge is -2.12. The van der Waals surface area contributed by atoms with E-state index in [1.54, 1.807) is 32.2 Å². The number of hydrogen-bond donors (Lipinski definition) is 1. The van der Waals surface area contributed by atoms with Crippen molar-refractivity contribution >= 4 is 40.3 Å². The lowest BCUT2D eigenvalue weighted by Crippen LogP contribution is -2.21. The van der Waals surface area contributed by atoms with Gasteiger partial charge in [-0.05, 0) is 56.4 Å². The Bertz CT molecular complexity index is 1060. The Morgan fingerprint density at radius 2 is 1.88 bits per heavy atom. The number of carbonyl (C=O) groups is 3. The van der Waals surface area contributed by atoms with Crippen LogP contribution in [-0.4, -0.2) is 45.3 Å². The highest BCUT2D eigenvalue weighted by Crippen LogP contribution is 2.38. The Hall–Kier alpha value is -3.33. The summed E-state index contributed by atoms with van der Waals surface area (Å²) in [6.07, 6.45) is 6.44. The monoisotopic (exact) mass is 473 g/mol. The first kappa shape index (κ1) is 24.3. The number of amides is 1. The lowest BCUT2D eigenvalue weighted by atomic mass is 9.95. The van der Waals surface area contributed by atoms with E-state index in [0.717, 1.165) is 36.1 Å². The summed E-state index contributed by atoms with van der Waals surface area (Å²) in [5, 5.41) is 3.16. The van der Waals surface area contributed by atoms with Crippen LogP contribution in [-0.2, 0) is 31.9 Å². The Morgan fingerprint density at radius 1 is 1.09 bits per heavy atom. The third kappa shape index (κ3) is 6.13. The molecule has 0 aliphatic heterocycles. The van der Waals surface area contributed by atoms with Gasteiger partial charge in [-0.15, -0.1) is 11.3 Å². The highest BCUT2D eigenvalue weighted by Gasteiger charge is 2.27. The van der Waals surface area contributed by atoms with Crippen LogP contribution in [0.15, 0.2) is 24.3 Å². The van der Waals surface area contributed by atoms with E-state index in [0.29, 0.717) is 27.6 Å². The second kappa shape index (κ2) is 11.5. The largest absolute Gasteiger partial charge is 0.497 e. The quantitative estimate of drug-likeness (QED) is 0.434. The molecule has 3 rings (SSSR count). The molecule has 0 unspecified atom stereocenters. The van der Waals surface area contributed by atoms with Gasteiger partial charge < -0.3 is 24.3 Å². The van der Waals surface area contributed by atoms with E-state index in [-0.39, 0.29) is 6.61 Å². The molecule has 33 heavy (non-hydrogen) atoms. The molecule has 1 aliphatic rings. The molecule has 0 atom stereocenters. The number of methoxy groups -OCH3 is 2. The number of carbonyl (C=O) groups excluding carboxylic acids is 3. The fraction of sp³-hybridized carbons (Fsp3) is 0.375.